The Balaban J connectivity index is 1.92. The Morgan fingerprint density at radius 2 is 2.00 bits per heavy atom. The van der Waals surface area contributed by atoms with Crippen LogP contribution in [0.3, 0.4) is 0 Å². The predicted octanol–water partition coefficient (Wildman–Crippen LogP) is 2.48. The number of nitrogens with one attached hydrogen (secondary N) is 1. The lowest BCUT2D eigenvalue weighted by Gasteiger charge is -2.33. The highest BCUT2D eigenvalue weighted by Gasteiger charge is 2.18. The second-order valence-corrected chi connectivity index (χ2v) is 5.58. The van der Waals surface area contributed by atoms with Gasteiger partial charge in [-0.25, -0.2) is 0 Å². The second kappa shape index (κ2) is 7.50. The molecule has 1 aromatic carbocycles. The first-order valence-corrected chi connectivity index (χ1v) is 7.54. The van der Waals surface area contributed by atoms with E-state index in [1.807, 2.05) is 19.9 Å². The first-order valence-electron chi connectivity index (χ1n) is 7.54. The number of ether oxygens (including phenoxy) is 1. The lowest BCUT2D eigenvalue weighted by molar-refractivity contribution is 0.0870. The Morgan fingerprint density at radius 1 is 1.30 bits per heavy atom. The average Bonchev–Trinajstić information content (AvgIpc) is 2.45. The molecule has 0 atom stereocenters. The summed E-state index contributed by atoms with van der Waals surface area (Å²) < 4.78 is 5.55. The molecule has 0 aliphatic carbocycles. The largest absolute Gasteiger partial charge is 0.393 e. The van der Waals surface area contributed by atoms with E-state index >= 15 is 0 Å². The summed E-state index contributed by atoms with van der Waals surface area (Å²) in [6.07, 6.45) is 1.84. The summed E-state index contributed by atoms with van der Waals surface area (Å²) in [4.78, 5) is 2.35. The quantitative estimate of drug-likeness (QED) is 0.785. The molecule has 0 amide bonds. The monoisotopic (exact) mass is 278 g/mol. The van der Waals surface area contributed by atoms with E-state index in [1.165, 1.54) is 5.69 Å². The molecule has 0 bridgehead atoms. The molecule has 20 heavy (non-hydrogen) atoms. The fourth-order valence-electron chi connectivity index (χ4n) is 2.49. The van der Waals surface area contributed by atoms with E-state index in [0.717, 1.165) is 38.2 Å². The summed E-state index contributed by atoms with van der Waals surface area (Å²) in [5.74, 6) is 0. The standard InChI is InChI=1S/C16H26N2O2/c1-13(2)20-12-9-17-15-5-3-4-6-16(15)18-10-7-14(19)8-11-18/h3-6,13-14,17,19H,7-12H2,1-2H3. The number of aliphatic hydroxyl groups is 1. The molecule has 0 radical (unpaired) electrons. The number of hydrogen-bond acceptors (Lipinski definition) is 4. The van der Waals surface area contributed by atoms with Gasteiger partial charge in [-0.1, -0.05) is 12.1 Å². The van der Waals surface area contributed by atoms with Gasteiger partial charge >= 0.3 is 0 Å². The molecule has 1 heterocycles. The number of anilines is 2. The van der Waals surface area contributed by atoms with Crippen molar-refractivity contribution >= 4 is 11.4 Å². The zero-order valence-electron chi connectivity index (χ0n) is 12.5. The molecule has 4 nitrogen and oxygen atoms in total. The number of rotatable bonds is 6. The van der Waals surface area contributed by atoms with Gasteiger partial charge in [0.15, 0.2) is 0 Å². The molecule has 2 rings (SSSR count). The van der Waals surface area contributed by atoms with Crippen molar-refractivity contribution in [1.82, 2.24) is 0 Å². The Morgan fingerprint density at radius 3 is 2.70 bits per heavy atom. The Hall–Kier alpha value is -1.26. The predicted molar refractivity (Wildman–Crippen MR) is 83.5 cm³/mol. The molecule has 1 saturated heterocycles. The molecule has 1 fully saturated rings. The molecular formula is C16H26N2O2. The van der Waals surface area contributed by atoms with Crippen molar-refractivity contribution in [2.45, 2.75) is 38.9 Å². The number of benzene rings is 1. The summed E-state index contributed by atoms with van der Waals surface area (Å²) in [6, 6.07) is 8.36. The van der Waals surface area contributed by atoms with Crippen LogP contribution in [-0.2, 0) is 4.74 Å². The van der Waals surface area contributed by atoms with E-state index in [9.17, 15) is 5.11 Å². The molecule has 1 aromatic rings. The minimum absolute atomic E-state index is 0.134. The van der Waals surface area contributed by atoms with Gasteiger partial charge in [-0.3, -0.25) is 0 Å². The molecule has 0 aromatic heterocycles. The minimum Gasteiger partial charge on any atom is -0.393 e. The third-order valence-corrected chi connectivity index (χ3v) is 3.58. The minimum atomic E-state index is -0.134. The van der Waals surface area contributed by atoms with Crippen LogP contribution in [0.4, 0.5) is 11.4 Å². The van der Waals surface area contributed by atoms with Gasteiger partial charge in [0.1, 0.15) is 0 Å². The zero-order chi connectivity index (χ0) is 14.4. The molecular weight excluding hydrogens is 252 g/mol. The summed E-state index contributed by atoms with van der Waals surface area (Å²) in [5, 5.41) is 13.1. The summed E-state index contributed by atoms with van der Waals surface area (Å²) in [5.41, 5.74) is 2.38. The molecule has 1 aliphatic rings. The first-order chi connectivity index (χ1) is 9.66. The smallest absolute Gasteiger partial charge is 0.0642 e. The topological polar surface area (TPSA) is 44.7 Å². The van der Waals surface area contributed by atoms with E-state index in [-0.39, 0.29) is 12.2 Å². The van der Waals surface area contributed by atoms with Gasteiger partial charge in [-0.15, -0.1) is 0 Å². The van der Waals surface area contributed by atoms with Crippen LogP contribution in [0, 0.1) is 0 Å². The maximum Gasteiger partial charge on any atom is 0.0642 e. The van der Waals surface area contributed by atoms with Crippen molar-refractivity contribution in [3.8, 4) is 0 Å². The van der Waals surface area contributed by atoms with E-state index in [4.69, 9.17) is 4.74 Å². The van der Waals surface area contributed by atoms with Gasteiger partial charge in [0.05, 0.1) is 30.2 Å². The van der Waals surface area contributed by atoms with Crippen LogP contribution in [0.2, 0.25) is 0 Å². The fourth-order valence-corrected chi connectivity index (χ4v) is 2.49. The number of piperidine rings is 1. The summed E-state index contributed by atoms with van der Waals surface area (Å²) >= 11 is 0. The van der Waals surface area contributed by atoms with Crippen molar-refractivity contribution in [2.24, 2.45) is 0 Å². The highest BCUT2D eigenvalue weighted by Crippen LogP contribution is 2.28. The summed E-state index contributed by atoms with van der Waals surface area (Å²) in [6.45, 7) is 7.46. The SMILES string of the molecule is CC(C)OCCNc1ccccc1N1CCC(O)CC1. The number of para-hydroxylation sites is 2. The van der Waals surface area contributed by atoms with Gasteiger partial charge in [-0.05, 0) is 38.8 Å². The highest BCUT2D eigenvalue weighted by molar-refractivity contribution is 5.70. The van der Waals surface area contributed by atoms with Crippen LogP contribution in [0.15, 0.2) is 24.3 Å². The molecule has 2 N–H and O–H groups in total. The molecule has 1 aliphatic heterocycles. The van der Waals surface area contributed by atoms with Gasteiger partial charge in [0, 0.05) is 19.6 Å². The fraction of sp³-hybridized carbons (Fsp3) is 0.625. The van der Waals surface area contributed by atoms with Crippen LogP contribution in [-0.4, -0.2) is 43.6 Å². The molecule has 0 unspecified atom stereocenters. The van der Waals surface area contributed by atoms with E-state index in [1.54, 1.807) is 0 Å². The van der Waals surface area contributed by atoms with Crippen LogP contribution in [0.1, 0.15) is 26.7 Å². The van der Waals surface area contributed by atoms with E-state index in [2.05, 4.69) is 28.4 Å². The van der Waals surface area contributed by atoms with E-state index in [0.29, 0.717) is 6.61 Å². The third-order valence-electron chi connectivity index (χ3n) is 3.58. The molecule has 0 saturated carbocycles. The Kier molecular flexibility index (Phi) is 5.68. The van der Waals surface area contributed by atoms with Gasteiger partial charge in [0.2, 0.25) is 0 Å². The summed E-state index contributed by atoms with van der Waals surface area (Å²) in [7, 11) is 0. The molecule has 112 valence electrons. The van der Waals surface area contributed by atoms with Crippen molar-refractivity contribution in [3.05, 3.63) is 24.3 Å². The van der Waals surface area contributed by atoms with Gasteiger partial charge in [0.25, 0.3) is 0 Å². The normalized spacial score (nSPS) is 16.7. The van der Waals surface area contributed by atoms with E-state index < -0.39 is 0 Å². The van der Waals surface area contributed by atoms with Crippen molar-refractivity contribution in [3.63, 3.8) is 0 Å². The number of hydrogen-bond donors (Lipinski definition) is 2. The molecule has 0 spiro atoms. The highest BCUT2D eigenvalue weighted by atomic mass is 16.5. The maximum absolute atomic E-state index is 9.61. The molecule has 4 heteroatoms. The lowest BCUT2D eigenvalue weighted by Crippen LogP contribution is -2.36. The Labute approximate surface area is 121 Å². The van der Waals surface area contributed by atoms with Crippen LogP contribution in [0.25, 0.3) is 0 Å². The van der Waals surface area contributed by atoms with Crippen LogP contribution < -0.4 is 10.2 Å². The van der Waals surface area contributed by atoms with Crippen molar-refractivity contribution < 1.29 is 9.84 Å². The number of aliphatic hydroxyl groups excluding tert-OH is 1. The first kappa shape index (κ1) is 15.1. The van der Waals surface area contributed by atoms with Crippen molar-refractivity contribution in [1.29, 1.82) is 0 Å². The van der Waals surface area contributed by atoms with Crippen LogP contribution >= 0.6 is 0 Å². The van der Waals surface area contributed by atoms with Gasteiger partial charge in [-0.2, -0.15) is 0 Å². The average molecular weight is 278 g/mol. The third kappa shape index (κ3) is 4.39. The maximum atomic E-state index is 9.61. The van der Waals surface area contributed by atoms with Gasteiger partial charge < -0.3 is 20.1 Å². The van der Waals surface area contributed by atoms with Crippen molar-refractivity contribution in [2.75, 3.05) is 36.5 Å². The second-order valence-electron chi connectivity index (χ2n) is 5.58. The zero-order valence-corrected chi connectivity index (χ0v) is 12.5. The number of nitrogens with zero attached hydrogens (tertiary/aromatic N) is 1. The lowest BCUT2D eigenvalue weighted by atomic mass is 10.1. The van der Waals surface area contributed by atoms with Crippen LogP contribution in [0.5, 0.6) is 0 Å². The Bertz CT molecular complexity index is 401.